The smallest absolute Gasteiger partial charge is 0.0700 e. The molecule has 2 aliphatic rings. The van der Waals surface area contributed by atoms with Crippen molar-refractivity contribution >= 4 is 0 Å². The zero-order valence-electron chi connectivity index (χ0n) is 11.7. The van der Waals surface area contributed by atoms with Crippen molar-refractivity contribution in [3.63, 3.8) is 0 Å². The van der Waals surface area contributed by atoms with Crippen LogP contribution >= 0.6 is 0 Å². The van der Waals surface area contributed by atoms with Gasteiger partial charge in [0.15, 0.2) is 0 Å². The van der Waals surface area contributed by atoms with Crippen LogP contribution in [0.2, 0.25) is 0 Å². The molecule has 4 heteroatoms. The highest BCUT2D eigenvalue weighted by Crippen LogP contribution is 2.21. The maximum absolute atomic E-state index is 5.48. The quantitative estimate of drug-likeness (QED) is 0.594. The largest absolute Gasteiger partial charge is 0.382 e. The molecule has 2 fully saturated rings. The summed E-state index contributed by atoms with van der Waals surface area (Å²) in [5.74, 6) is 0.875. The number of nitrogens with one attached hydrogen (secondary N) is 1. The van der Waals surface area contributed by atoms with Gasteiger partial charge in [0.05, 0.1) is 13.2 Å². The number of methoxy groups -OCH3 is 1. The first-order valence-corrected chi connectivity index (χ1v) is 7.41. The summed E-state index contributed by atoms with van der Waals surface area (Å²) in [6.45, 7) is 7.26. The number of ether oxygens (including phenoxy) is 2. The van der Waals surface area contributed by atoms with Crippen molar-refractivity contribution in [2.75, 3.05) is 53.1 Å². The van der Waals surface area contributed by atoms with Crippen molar-refractivity contribution in [3.8, 4) is 0 Å². The zero-order chi connectivity index (χ0) is 12.6. The first-order valence-electron chi connectivity index (χ1n) is 7.41. The Morgan fingerprint density at radius 1 is 1.17 bits per heavy atom. The van der Waals surface area contributed by atoms with Crippen LogP contribution in [0.1, 0.15) is 25.7 Å². The normalized spacial score (nSPS) is 24.8. The molecule has 1 saturated heterocycles. The first kappa shape index (κ1) is 14.3. The van der Waals surface area contributed by atoms with Crippen LogP contribution in [0.3, 0.4) is 0 Å². The molecule has 1 aliphatic carbocycles. The third-order valence-corrected chi connectivity index (χ3v) is 3.84. The molecular weight excluding hydrogens is 228 g/mol. The summed E-state index contributed by atoms with van der Waals surface area (Å²) in [7, 11) is 1.71. The fourth-order valence-corrected chi connectivity index (χ4v) is 2.54. The van der Waals surface area contributed by atoms with Gasteiger partial charge in [0, 0.05) is 32.8 Å². The molecule has 1 unspecified atom stereocenters. The maximum atomic E-state index is 5.48. The van der Waals surface area contributed by atoms with Crippen LogP contribution in [-0.2, 0) is 9.47 Å². The molecule has 0 aromatic rings. The minimum Gasteiger partial charge on any atom is -0.382 e. The number of hydrogen-bond donors (Lipinski definition) is 1. The van der Waals surface area contributed by atoms with Gasteiger partial charge in [0.25, 0.3) is 0 Å². The highest BCUT2D eigenvalue weighted by molar-refractivity contribution is 4.84. The fourth-order valence-electron chi connectivity index (χ4n) is 2.54. The van der Waals surface area contributed by atoms with Crippen molar-refractivity contribution in [2.24, 2.45) is 5.92 Å². The third kappa shape index (κ3) is 5.65. The standard InChI is InChI=1S/C14H28N2O2/c1-17-9-10-18-8-2-6-16-7-5-13(12-16)11-15-14-3-4-14/h13-15H,2-12H2,1H3. The van der Waals surface area contributed by atoms with E-state index in [1.54, 1.807) is 7.11 Å². The number of likely N-dealkylation sites (tertiary alicyclic amines) is 1. The minimum atomic E-state index is 0.707. The average Bonchev–Trinajstić information content (AvgIpc) is 3.11. The molecule has 106 valence electrons. The molecule has 0 aromatic heterocycles. The maximum Gasteiger partial charge on any atom is 0.0700 e. The van der Waals surface area contributed by atoms with Gasteiger partial charge in [-0.2, -0.15) is 0 Å². The second-order valence-corrected chi connectivity index (χ2v) is 5.60. The van der Waals surface area contributed by atoms with Gasteiger partial charge in [-0.25, -0.2) is 0 Å². The van der Waals surface area contributed by atoms with E-state index in [2.05, 4.69) is 10.2 Å². The van der Waals surface area contributed by atoms with E-state index in [1.165, 1.54) is 45.4 Å². The van der Waals surface area contributed by atoms with E-state index in [9.17, 15) is 0 Å². The molecule has 0 bridgehead atoms. The van der Waals surface area contributed by atoms with Crippen LogP contribution in [0.5, 0.6) is 0 Å². The highest BCUT2D eigenvalue weighted by atomic mass is 16.5. The van der Waals surface area contributed by atoms with Crippen LogP contribution in [0.15, 0.2) is 0 Å². The Kier molecular flexibility index (Phi) is 6.41. The second kappa shape index (κ2) is 8.10. The van der Waals surface area contributed by atoms with Gasteiger partial charge in [-0.15, -0.1) is 0 Å². The summed E-state index contributed by atoms with van der Waals surface area (Å²) in [4.78, 5) is 2.58. The highest BCUT2D eigenvalue weighted by Gasteiger charge is 2.25. The van der Waals surface area contributed by atoms with Crippen molar-refractivity contribution in [1.29, 1.82) is 0 Å². The molecule has 0 radical (unpaired) electrons. The van der Waals surface area contributed by atoms with E-state index in [-0.39, 0.29) is 0 Å². The van der Waals surface area contributed by atoms with Crippen molar-refractivity contribution in [3.05, 3.63) is 0 Å². The molecule has 18 heavy (non-hydrogen) atoms. The van der Waals surface area contributed by atoms with Crippen molar-refractivity contribution in [1.82, 2.24) is 10.2 Å². The van der Waals surface area contributed by atoms with E-state index >= 15 is 0 Å². The first-order chi connectivity index (χ1) is 8.88. The summed E-state index contributed by atoms with van der Waals surface area (Å²) in [5.41, 5.74) is 0. The SMILES string of the molecule is COCCOCCCN1CCC(CNC2CC2)C1. The Morgan fingerprint density at radius 2 is 2.06 bits per heavy atom. The Balaban J connectivity index is 1.42. The average molecular weight is 256 g/mol. The molecule has 1 aliphatic heterocycles. The van der Waals surface area contributed by atoms with Gasteiger partial charge in [0.1, 0.15) is 0 Å². The van der Waals surface area contributed by atoms with Crippen molar-refractivity contribution in [2.45, 2.75) is 31.7 Å². The predicted molar refractivity (Wildman–Crippen MR) is 72.9 cm³/mol. The van der Waals surface area contributed by atoms with Gasteiger partial charge < -0.3 is 19.7 Å². The Morgan fingerprint density at radius 3 is 2.83 bits per heavy atom. The van der Waals surface area contributed by atoms with Gasteiger partial charge >= 0.3 is 0 Å². The van der Waals surface area contributed by atoms with Gasteiger partial charge in [-0.1, -0.05) is 0 Å². The van der Waals surface area contributed by atoms with E-state index in [0.29, 0.717) is 6.61 Å². The van der Waals surface area contributed by atoms with Crippen LogP contribution in [-0.4, -0.2) is 64.1 Å². The van der Waals surface area contributed by atoms with E-state index < -0.39 is 0 Å². The summed E-state index contributed by atoms with van der Waals surface area (Å²) >= 11 is 0. The summed E-state index contributed by atoms with van der Waals surface area (Å²) < 4.78 is 10.4. The summed E-state index contributed by atoms with van der Waals surface area (Å²) in [6, 6.07) is 0.855. The van der Waals surface area contributed by atoms with Crippen LogP contribution in [0.25, 0.3) is 0 Å². The molecule has 2 rings (SSSR count). The number of hydrogen-bond acceptors (Lipinski definition) is 4. The van der Waals surface area contributed by atoms with E-state index in [4.69, 9.17) is 9.47 Å². The molecule has 0 spiro atoms. The molecule has 4 nitrogen and oxygen atoms in total. The van der Waals surface area contributed by atoms with Gasteiger partial charge in [-0.3, -0.25) is 0 Å². The minimum absolute atomic E-state index is 0.707. The number of nitrogens with zero attached hydrogens (tertiary/aromatic N) is 1. The van der Waals surface area contributed by atoms with Gasteiger partial charge in [0.2, 0.25) is 0 Å². The molecule has 1 atom stereocenters. The monoisotopic (exact) mass is 256 g/mol. The molecule has 1 N–H and O–H groups in total. The predicted octanol–water partition coefficient (Wildman–Crippen LogP) is 1.11. The van der Waals surface area contributed by atoms with Crippen LogP contribution in [0.4, 0.5) is 0 Å². The molecule has 0 aromatic carbocycles. The lowest BCUT2D eigenvalue weighted by atomic mass is 10.1. The van der Waals surface area contributed by atoms with Crippen LogP contribution in [0, 0.1) is 5.92 Å². The summed E-state index contributed by atoms with van der Waals surface area (Å²) in [5, 5.41) is 3.64. The van der Waals surface area contributed by atoms with Crippen molar-refractivity contribution < 1.29 is 9.47 Å². The number of rotatable bonds is 10. The lowest BCUT2D eigenvalue weighted by Gasteiger charge is -2.16. The Hall–Kier alpha value is -0.160. The van der Waals surface area contributed by atoms with Crippen LogP contribution < -0.4 is 5.32 Å². The van der Waals surface area contributed by atoms with E-state index in [1.807, 2.05) is 0 Å². The Bertz CT molecular complexity index is 222. The molecule has 1 heterocycles. The zero-order valence-corrected chi connectivity index (χ0v) is 11.7. The topological polar surface area (TPSA) is 33.7 Å². The van der Waals surface area contributed by atoms with E-state index in [0.717, 1.165) is 31.6 Å². The molecular formula is C14H28N2O2. The molecule has 0 amide bonds. The van der Waals surface area contributed by atoms with Gasteiger partial charge in [-0.05, 0) is 44.7 Å². The third-order valence-electron chi connectivity index (χ3n) is 3.84. The lowest BCUT2D eigenvalue weighted by molar-refractivity contribution is 0.0661. The summed E-state index contributed by atoms with van der Waals surface area (Å²) in [6.07, 6.45) is 5.31. The Labute approximate surface area is 111 Å². The second-order valence-electron chi connectivity index (χ2n) is 5.60. The lowest BCUT2D eigenvalue weighted by Crippen LogP contribution is -2.28. The molecule has 1 saturated carbocycles. The fraction of sp³-hybridized carbons (Fsp3) is 1.00.